The largest absolute Gasteiger partial charge is 0.368 e. The van der Waals surface area contributed by atoms with E-state index in [1.165, 1.54) is 10.5 Å². The Kier molecular flexibility index (Phi) is 5.23. The summed E-state index contributed by atoms with van der Waals surface area (Å²) < 4.78 is 0. The minimum atomic E-state index is -0.912. The van der Waals surface area contributed by atoms with E-state index in [4.69, 9.17) is 11.5 Å². The molecule has 1 rings (SSSR count). The number of hydrogen-bond acceptors (Lipinski definition) is 3. The molecule has 0 fully saturated rings. The lowest BCUT2D eigenvalue weighted by atomic mass is 10.0. The minimum absolute atomic E-state index is 0.446. The highest BCUT2D eigenvalue weighted by atomic mass is 32.2. The summed E-state index contributed by atoms with van der Waals surface area (Å²) in [6.07, 6.45) is 0.582. The average molecular weight is 266 g/mol. The first-order valence-corrected chi connectivity index (χ1v) is 7.13. The van der Waals surface area contributed by atoms with E-state index in [0.717, 1.165) is 5.75 Å². The zero-order valence-electron chi connectivity index (χ0n) is 11.3. The van der Waals surface area contributed by atoms with E-state index < -0.39 is 11.4 Å². The van der Waals surface area contributed by atoms with Gasteiger partial charge in [-0.2, -0.15) is 0 Å². The summed E-state index contributed by atoms with van der Waals surface area (Å²) in [4.78, 5) is 12.3. The molecule has 1 amide bonds. The Morgan fingerprint density at radius 3 is 2.33 bits per heavy atom. The predicted molar refractivity (Wildman–Crippen MR) is 77.7 cm³/mol. The maximum Gasteiger partial charge on any atom is 0.237 e. The van der Waals surface area contributed by atoms with E-state index in [-0.39, 0.29) is 0 Å². The first-order valence-electron chi connectivity index (χ1n) is 6.14. The molecule has 1 unspecified atom stereocenters. The Bertz CT molecular complexity index is 399. The molecule has 0 aliphatic heterocycles. The van der Waals surface area contributed by atoms with Crippen molar-refractivity contribution in [2.45, 2.75) is 43.5 Å². The fourth-order valence-electron chi connectivity index (χ4n) is 1.45. The summed E-state index contributed by atoms with van der Waals surface area (Å²) in [5.74, 6) is 0.890. The van der Waals surface area contributed by atoms with E-state index in [1.54, 1.807) is 18.7 Å². The molecule has 1 aromatic carbocycles. The highest BCUT2D eigenvalue weighted by molar-refractivity contribution is 7.99. The number of primary amides is 1. The van der Waals surface area contributed by atoms with E-state index in [9.17, 15) is 4.79 Å². The van der Waals surface area contributed by atoms with Gasteiger partial charge < -0.3 is 11.5 Å². The Hall–Kier alpha value is -1.00. The molecule has 0 saturated heterocycles. The van der Waals surface area contributed by atoms with Crippen LogP contribution in [0.2, 0.25) is 0 Å². The van der Waals surface area contributed by atoms with E-state index in [2.05, 4.69) is 38.1 Å². The third-order valence-corrected chi connectivity index (χ3v) is 4.01. The van der Waals surface area contributed by atoms with Gasteiger partial charge in [0.05, 0.1) is 5.54 Å². The third kappa shape index (κ3) is 4.35. The number of hydrogen-bond donors (Lipinski definition) is 2. The zero-order valence-corrected chi connectivity index (χ0v) is 12.1. The molecule has 0 bridgehead atoms. The lowest BCUT2D eigenvalue weighted by Gasteiger charge is -2.19. The molecule has 0 aliphatic carbocycles. The number of thioether (sulfide) groups is 1. The van der Waals surface area contributed by atoms with Crippen LogP contribution in [0.5, 0.6) is 0 Å². The molecular weight excluding hydrogens is 244 g/mol. The van der Waals surface area contributed by atoms with Gasteiger partial charge in [-0.25, -0.2) is 0 Å². The summed E-state index contributed by atoms with van der Waals surface area (Å²) in [7, 11) is 0. The summed E-state index contributed by atoms with van der Waals surface area (Å²) in [6, 6.07) is 8.50. The van der Waals surface area contributed by atoms with Gasteiger partial charge in [0.25, 0.3) is 0 Å². The second kappa shape index (κ2) is 6.25. The second-order valence-corrected chi connectivity index (χ2v) is 6.27. The van der Waals surface area contributed by atoms with Crippen LogP contribution in [0.25, 0.3) is 0 Å². The molecule has 1 aromatic rings. The van der Waals surface area contributed by atoms with Crippen LogP contribution >= 0.6 is 11.8 Å². The Labute approximate surface area is 113 Å². The van der Waals surface area contributed by atoms with Crippen molar-refractivity contribution in [2.24, 2.45) is 11.5 Å². The standard InChI is InChI=1S/C14H22N2OS/c1-10(2)11-4-6-12(7-5-11)18-9-8-14(3,16)13(15)17/h4-7,10H,8-9,16H2,1-3H3,(H2,15,17). The lowest BCUT2D eigenvalue weighted by Crippen LogP contribution is -2.49. The highest BCUT2D eigenvalue weighted by Gasteiger charge is 2.24. The van der Waals surface area contributed by atoms with Crippen LogP contribution in [0, 0.1) is 0 Å². The Morgan fingerprint density at radius 1 is 1.33 bits per heavy atom. The fourth-order valence-corrected chi connectivity index (χ4v) is 2.54. The average Bonchev–Trinajstić information content (AvgIpc) is 2.29. The Balaban J connectivity index is 2.47. The molecule has 3 nitrogen and oxygen atoms in total. The molecule has 1 atom stereocenters. The number of amides is 1. The van der Waals surface area contributed by atoms with Crippen LogP contribution in [0.3, 0.4) is 0 Å². The van der Waals surface area contributed by atoms with Crippen LogP contribution in [0.1, 0.15) is 38.7 Å². The quantitative estimate of drug-likeness (QED) is 0.777. The Morgan fingerprint density at radius 2 is 1.89 bits per heavy atom. The third-order valence-electron chi connectivity index (χ3n) is 3.00. The van der Waals surface area contributed by atoms with Crippen molar-refractivity contribution < 1.29 is 4.79 Å². The second-order valence-electron chi connectivity index (χ2n) is 5.10. The number of rotatable bonds is 6. The van der Waals surface area contributed by atoms with Gasteiger partial charge in [-0.05, 0) is 37.0 Å². The molecule has 0 spiro atoms. The van der Waals surface area contributed by atoms with Crippen LogP contribution in [0.15, 0.2) is 29.2 Å². The molecule has 0 aliphatic rings. The summed E-state index contributed by atoms with van der Waals surface area (Å²) >= 11 is 1.70. The van der Waals surface area contributed by atoms with Gasteiger partial charge in [-0.3, -0.25) is 4.79 Å². The molecule has 4 N–H and O–H groups in total. The molecule has 4 heteroatoms. The van der Waals surface area contributed by atoms with Gasteiger partial charge in [-0.1, -0.05) is 26.0 Å². The van der Waals surface area contributed by atoms with E-state index >= 15 is 0 Å². The van der Waals surface area contributed by atoms with Crippen molar-refractivity contribution in [3.8, 4) is 0 Å². The molecule has 0 aromatic heterocycles. The number of carbonyl (C=O) groups excluding carboxylic acids is 1. The van der Waals surface area contributed by atoms with Gasteiger partial charge in [0.15, 0.2) is 0 Å². The maximum absolute atomic E-state index is 11.1. The van der Waals surface area contributed by atoms with Crippen molar-refractivity contribution in [3.05, 3.63) is 29.8 Å². The lowest BCUT2D eigenvalue weighted by molar-refractivity contribution is -0.122. The monoisotopic (exact) mass is 266 g/mol. The fraction of sp³-hybridized carbons (Fsp3) is 0.500. The van der Waals surface area contributed by atoms with Gasteiger partial charge in [0, 0.05) is 10.6 Å². The summed E-state index contributed by atoms with van der Waals surface area (Å²) in [6.45, 7) is 6.03. The zero-order chi connectivity index (χ0) is 13.8. The SMILES string of the molecule is CC(C)c1ccc(SCCC(C)(N)C(N)=O)cc1. The highest BCUT2D eigenvalue weighted by Crippen LogP contribution is 2.23. The van der Waals surface area contributed by atoms with Crippen LogP contribution in [-0.4, -0.2) is 17.2 Å². The predicted octanol–water partition coefficient (Wildman–Crippen LogP) is 2.49. The van der Waals surface area contributed by atoms with Crippen LogP contribution < -0.4 is 11.5 Å². The van der Waals surface area contributed by atoms with Crippen LogP contribution in [0.4, 0.5) is 0 Å². The molecule has 18 heavy (non-hydrogen) atoms. The molecule has 100 valence electrons. The minimum Gasteiger partial charge on any atom is -0.368 e. The van der Waals surface area contributed by atoms with Crippen molar-refractivity contribution in [1.29, 1.82) is 0 Å². The van der Waals surface area contributed by atoms with Crippen LogP contribution in [-0.2, 0) is 4.79 Å². The topological polar surface area (TPSA) is 69.1 Å². The van der Waals surface area contributed by atoms with Gasteiger partial charge in [-0.15, -0.1) is 11.8 Å². The van der Waals surface area contributed by atoms with Crippen molar-refractivity contribution in [2.75, 3.05) is 5.75 Å². The molecule has 0 radical (unpaired) electrons. The van der Waals surface area contributed by atoms with Crippen molar-refractivity contribution in [1.82, 2.24) is 0 Å². The van der Waals surface area contributed by atoms with Gasteiger partial charge in [0.2, 0.25) is 5.91 Å². The molecule has 0 saturated carbocycles. The van der Waals surface area contributed by atoms with Crippen molar-refractivity contribution >= 4 is 17.7 Å². The maximum atomic E-state index is 11.1. The summed E-state index contributed by atoms with van der Waals surface area (Å²) in [5.41, 5.74) is 11.5. The first-order chi connectivity index (χ1) is 8.33. The molecular formula is C14H22N2OS. The van der Waals surface area contributed by atoms with E-state index in [0.29, 0.717) is 12.3 Å². The summed E-state index contributed by atoms with van der Waals surface area (Å²) in [5, 5.41) is 0. The molecule has 0 heterocycles. The van der Waals surface area contributed by atoms with Crippen molar-refractivity contribution in [3.63, 3.8) is 0 Å². The number of nitrogens with two attached hydrogens (primary N) is 2. The smallest absolute Gasteiger partial charge is 0.237 e. The first kappa shape index (κ1) is 15.1. The number of benzene rings is 1. The van der Waals surface area contributed by atoms with Gasteiger partial charge in [0.1, 0.15) is 0 Å². The number of carbonyl (C=O) groups is 1. The van der Waals surface area contributed by atoms with E-state index in [1.807, 2.05) is 0 Å². The normalized spacial score (nSPS) is 14.5. The van der Waals surface area contributed by atoms with Gasteiger partial charge >= 0.3 is 0 Å².